The number of ether oxygens (including phenoxy) is 2. The van der Waals surface area contributed by atoms with Crippen LogP contribution in [0.25, 0.3) is 16.8 Å². The summed E-state index contributed by atoms with van der Waals surface area (Å²) in [5.41, 5.74) is 2.46. The van der Waals surface area contributed by atoms with E-state index in [1.807, 2.05) is 97.9 Å². The van der Waals surface area contributed by atoms with Gasteiger partial charge in [0, 0.05) is 16.1 Å². The van der Waals surface area contributed by atoms with Gasteiger partial charge in [0.25, 0.3) is 5.91 Å². The van der Waals surface area contributed by atoms with Gasteiger partial charge in [-0.05, 0) is 71.9 Å². The fourth-order valence-corrected chi connectivity index (χ4v) is 4.85. The molecule has 0 atom stereocenters. The predicted molar refractivity (Wildman–Crippen MR) is 148 cm³/mol. The Hall–Kier alpha value is -3.74. The van der Waals surface area contributed by atoms with Crippen molar-refractivity contribution in [1.29, 1.82) is 0 Å². The summed E-state index contributed by atoms with van der Waals surface area (Å²) in [5.74, 6) is 1.26. The molecule has 4 aromatic carbocycles. The summed E-state index contributed by atoms with van der Waals surface area (Å²) in [6, 6.07) is 27.0. The van der Waals surface area contributed by atoms with Crippen molar-refractivity contribution in [3.8, 4) is 11.5 Å². The summed E-state index contributed by atoms with van der Waals surface area (Å²) < 4.78 is 11.7. The van der Waals surface area contributed by atoms with Gasteiger partial charge in [-0.1, -0.05) is 60.1 Å². The van der Waals surface area contributed by atoms with Crippen molar-refractivity contribution in [3.63, 3.8) is 0 Å². The van der Waals surface area contributed by atoms with E-state index in [2.05, 4.69) is 10.3 Å². The van der Waals surface area contributed by atoms with Gasteiger partial charge in [-0.3, -0.25) is 4.79 Å². The lowest BCUT2D eigenvalue weighted by Gasteiger charge is -2.13. The van der Waals surface area contributed by atoms with Crippen LogP contribution >= 0.6 is 23.4 Å². The Balaban J connectivity index is 1.45. The van der Waals surface area contributed by atoms with Gasteiger partial charge in [-0.25, -0.2) is 4.99 Å². The van der Waals surface area contributed by atoms with Crippen LogP contribution in [0, 0.1) is 0 Å². The number of amidine groups is 1. The first-order chi connectivity index (χ1) is 17.6. The van der Waals surface area contributed by atoms with Crippen molar-refractivity contribution in [3.05, 3.63) is 106 Å². The number of amides is 1. The summed E-state index contributed by atoms with van der Waals surface area (Å²) in [5, 5.41) is 6.08. The summed E-state index contributed by atoms with van der Waals surface area (Å²) in [7, 11) is 0. The van der Waals surface area contributed by atoms with Crippen LogP contribution in [-0.2, 0) is 11.4 Å². The average molecular weight is 515 g/mol. The normalized spacial score (nSPS) is 15.4. The maximum atomic E-state index is 12.8. The average Bonchev–Trinajstić information content (AvgIpc) is 3.24. The third-order valence-electron chi connectivity index (χ3n) is 5.58. The fraction of sp³-hybridized carbons (Fsp3) is 0.103. The minimum atomic E-state index is -0.199. The molecule has 1 aliphatic heterocycles. The van der Waals surface area contributed by atoms with E-state index in [4.69, 9.17) is 21.1 Å². The first-order valence-corrected chi connectivity index (χ1v) is 12.7. The predicted octanol–water partition coefficient (Wildman–Crippen LogP) is 7.36. The van der Waals surface area contributed by atoms with Gasteiger partial charge >= 0.3 is 0 Å². The van der Waals surface area contributed by atoms with Crippen LogP contribution in [0.4, 0.5) is 5.69 Å². The Morgan fingerprint density at radius 1 is 0.944 bits per heavy atom. The standard InChI is InChI=1S/C29H23ClN2O3S/c1-2-34-22-14-12-21(13-15-22)31-29-32-28(33)27(36-29)17-24-23-9-5-3-7-19(23)11-16-26(24)35-18-20-8-4-6-10-25(20)30/h3-17H,2,18H2,1H3,(H,31,32,33)/b27-17+. The number of carbonyl (C=O) groups excluding carboxylic acids is 1. The topological polar surface area (TPSA) is 59.9 Å². The summed E-state index contributed by atoms with van der Waals surface area (Å²) >= 11 is 7.62. The summed E-state index contributed by atoms with van der Waals surface area (Å²) in [4.78, 5) is 17.9. The highest BCUT2D eigenvalue weighted by Crippen LogP contribution is 2.35. The molecule has 180 valence electrons. The van der Waals surface area contributed by atoms with Crippen LogP contribution < -0.4 is 14.8 Å². The Morgan fingerprint density at radius 2 is 1.72 bits per heavy atom. The van der Waals surface area contributed by atoms with Crippen molar-refractivity contribution < 1.29 is 14.3 Å². The molecule has 4 aromatic rings. The first-order valence-electron chi connectivity index (χ1n) is 11.5. The van der Waals surface area contributed by atoms with E-state index in [9.17, 15) is 4.79 Å². The lowest BCUT2D eigenvalue weighted by Crippen LogP contribution is -2.19. The highest BCUT2D eigenvalue weighted by atomic mass is 35.5. The number of nitrogens with zero attached hydrogens (tertiary/aromatic N) is 1. The second-order valence-corrected chi connectivity index (χ2v) is 9.43. The molecule has 0 radical (unpaired) electrons. The number of rotatable bonds is 7. The van der Waals surface area contributed by atoms with Gasteiger partial charge in [0.1, 0.15) is 18.1 Å². The lowest BCUT2D eigenvalue weighted by atomic mass is 10.0. The number of carbonyl (C=O) groups is 1. The monoisotopic (exact) mass is 514 g/mol. The first kappa shape index (κ1) is 24.0. The van der Waals surface area contributed by atoms with Gasteiger partial charge in [-0.15, -0.1) is 0 Å². The zero-order chi connectivity index (χ0) is 24.9. The summed E-state index contributed by atoms with van der Waals surface area (Å²) in [6.45, 7) is 2.86. The van der Waals surface area contributed by atoms with Gasteiger partial charge in [0.15, 0.2) is 5.17 Å². The van der Waals surface area contributed by atoms with Crippen LogP contribution in [0.5, 0.6) is 11.5 Å². The van der Waals surface area contributed by atoms with E-state index in [1.54, 1.807) is 0 Å². The van der Waals surface area contributed by atoms with E-state index >= 15 is 0 Å². The second kappa shape index (κ2) is 10.9. The maximum Gasteiger partial charge on any atom is 0.264 e. The molecule has 0 saturated carbocycles. The molecular weight excluding hydrogens is 492 g/mol. The maximum absolute atomic E-state index is 12.8. The Labute approximate surface area is 218 Å². The highest BCUT2D eigenvalue weighted by Gasteiger charge is 2.25. The minimum Gasteiger partial charge on any atom is -0.494 e. The van der Waals surface area contributed by atoms with Crippen LogP contribution in [0.2, 0.25) is 5.02 Å². The third kappa shape index (κ3) is 5.40. The molecule has 0 aliphatic carbocycles. The van der Waals surface area contributed by atoms with Crippen molar-refractivity contribution in [2.45, 2.75) is 13.5 Å². The van der Waals surface area contributed by atoms with Gasteiger partial charge in [0.05, 0.1) is 17.2 Å². The van der Waals surface area contributed by atoms with Crippen LogP contribution in [0.15, 0.2) is 94.8 Å². The van der Waals surface area contributed by atoms with Crippen LogP contribution in [0.3, 0.4) is 0 Å². The van der Waals surface area contributed by atoms with Crippen molar-refractivity contribution in [1.82, 2.24) is 5.32 Å². The molecule has 0 unspecified atom stereocenters. The highest BCUT2D eigenvalue weighted by molar-refractivity contribution is 8.18. The van der Waals surface area contributed by atoms with Gasteiger partial charge in [0.2, 0.25) is 0 Å². The molecule has 1 aliphatic rings. The zero-order valence-electron chi connectivity index (χ0n) is 19.5. The molecular formula is C29H23ClN2O3S. The molecule has 0 aromatic heterocycles. The molecule has 36 heavy (non-hydrogen) atoms. The molecule has 0 bridgehead atoms. The number of hydrogen-bond acceptors (Lipinski definition) is 5. The molecule has 1 fully saturated rings. The quantitative estimate of drug-likeness (QED) is 0.262. The van der Waals surface area contributed by atoms with Crippen molar-refractivity contribution in [2.75, 3.05) is 6.61 Å². The molecule has 0 spiro atoms. The number of fused-ring (bicyclic) bond motifs is 1. The Morgan fingerprint density at radius 3 is 2.53 bits per heavy atom. The number of benzene rings is 4. The second-order valence-electron chi connectivity index (χ2n) is 7.99. The van der Waals surface area contributed by atoms with E-state index < -0.39 is 0 Å². The molecule has 1 N–H and O–H groups in total. The SMILES string of the molecule is CCOc1ccc(N=C2NC(=O)/C(=C\c3c(OCc4ccccc4Cl)ccc4ccccc34)S2)cc1. The molecule has 1 saturated heterocycles. The molecule has 5 nitrogen and oxygen atoms in total. The van der Waals surface area contributed by atoms with Crippen LogP contribution in [-0.4, -0.2) is 17.7 Å². The van der Waals surface area contributed by atoms with Crippen molar-refractivity contribution >= 4 is 57.0 Å². The Kier molecular flexibility index (Phi) is 7.26. The number of halogens is 1. The fourth-order valence-electron chi connectivity index (χ4n) is 3.83. The third-order valence-corrected chi connectivity index (χ3v) is 6.85. The van der Waals surface area contributed by atoms with Gasteiger partial charge < -0.3 is 14.8 Å². The van der Waals surface area contributed by atoms with E-state index in [0.717, 1.165) is 33.3 Å². The molecule has 1 heterocycles. The smallest absolute Gasteiger partial charge is 0.264 e. The van der Waals surface area contributed by atoms with E-state index in [1.165, 1.54) is 11.8 Å². The largest absolute Gasteiger partial charge is 0.494 e. The lowest BCUT2D eigenvalue weighted by molar-refractivity contribution is -0.115. The summed E-state index contributed by atoms with van der Waals surface area (Å²) in [6.07, 6.45) is 1.87. The number of nitrogens with one attached hydrogen (secondary N) is 1. The van der Waals surface area contributed by atoms with E-state index in [0.29, 0.717) is 34.1 Å². The number of thioether (sulfide) groups is 1. The number of aliphatic imine (C=N–C) groups is 1. The Bertz CT molecular complexity index is 1480. The zero-order valence-corrected chi connectivity index (χ0v) is 21.1. The van der Waals surface area contributed by atoms with E-state index in [-0.39, 0.29) is 5.91 Å². The van der Waals surface area contributed by atoms with Crippen LogP contribution in [0.1, 0.15) is 18.1 Å². The number of hydrogen-bond donors (Lipinski definition) is 1. The minimum absolute atomic E-state index is 0.199. The van der Waals surface area contributed by atoms with Gasteiger partial charge in [-0.2, -0.15) is 0 Å². The molecule has 5 rings (SSSR count). The molecule has 1 amide bonds. The van der Waals surface area contributed by atoms with Crippen molar-refractivity contribution in [2.24, 2.45) is 4.99 Å². The molecule has 7 heteroatoms.